The molecule has 1 atom stereocenters. The van der Waals surface area contributed by atoms with Gasteiger partial charge in [0.15, 0.2) is 0 Å². The first-order valence-corrected chi connectivity index (χ1v) is 10.8. The van der Waals surface area contributed by atoms with E-state index in [4.69, 9.17) is 34.8 Å². The van der Waals surface area contributed by atoms with Crippen molar-refractivity contribution in [2.45, 2.75) is 30.8 Å². The SMILES string of the molecule is CCC(C(=O)NC)N(Cc1ccc(Cl)cc1Cl)C(=O)CSc1ccc(Cl)cc1. The zero-order chi connectivity index (χ0) is 20.7. The lowest BCUT2D eigenvalue weighted by Gasteiger charge is -2.30. The summed E-state index contributed by atoms with van der Waals surface area (Å²) in [5, 5.41) is 4.25. The highest BCUT2D eigenvalue weighted by Gasteiger charge is 2.28. The first kappa shape index (κ1) is 22.9. The van der Waals surface area contributed by atoms with Crippen LogP contribution in [0, 0.1) is 0 Å². The Morgan fingerprint density at radius 1 is 1.07 bits per heavy atom. The van der Waals surface area contributed by atoms with E-state index < -0.39 is 6.04 Å². The summed E-state index contributed by atoms with van der Waals surface area (Å²) in [6.07, 6.45) is 0.488. The van der Waals surface area contributed by atoms with E-state index in [1.807, 2.05) is 19.1 Å². The number of carbonyl (C=O) groups is 2. The second kappa shape index (κ2) is 11.0. The smallest absolute Gasteiger partial charge is 0.242 e. The molecule has 0 bridgehead atoms. The number of hydrogen-bond acceptors (Lipinski definition) is 3. The number of hydrogen-bond donors (Lipinski definition) is 1. The van der Waals surface area contributed by atoms with E-state index >= 15 is 0 Å². The summed E-state index contributed by atoms with van der Waals surface area (Å²) in [6, 6.07) is 11.8. The van der Waals surface area contributed by atoms with Gasteiger partial charge in [-0.2, -0.15) is 0 Å². The van der Waals surface area contributed by atoms with Crippen LogP contribution in [0.4, 0.5) is 0 Å². The first-order valence-electron chi connectivity index (χ1n) is 8.69. The summed E-state index contributed by atoms with van der Waals surface area (Å²) in [6.45, 7) is 2.10. The van der Waals surface area contributed by atoms with Gasteiger partial charge in [0, 0.05) is 33.6 Å². The van der Waals surface area contributed by atoms with E-state index in [0.29, 0.717) is 21.5 Å². The van der Waals surface area contributed by atoms with Crippen molar-refractivity contribution in [1.29, 1.82) is 0 Å². The van der Waals surface area contributed by atoms with E-state index in [-0.39, 0.29) is 24.1 Å². The topological polar surface area (TPSA) is 49.4 Å². The standard InChI is InChI=1S/C20H21Cl3N2O2S/c1-3-18(20(27)24-2)25(11-13-4-5-15(22)10-17(13)23)19(26)12-28-16-8-6-14(21)7-9-16/h4-10,18H,3,11-12H2,1-2H3,(H,24,27). The molecule has 8 heteroatoms. The van der Waals surface area contributed by atoms with Gasteiger partial charge in [0.25, 0.3) is 0 Å². The highest BCUT2D eigenvalue weighted by Crippen LogP contribution is 2.25. The Bertz CT molecular complexity index is 831. The molecule has 0 aliphatic carbocycles. The summed E-state index contributed by atoms with van der Waals surface area (Å²) in [4.78, 5) is 27.9. The molecule has 0 aliphatic rings. The van der Waals surface area contributed by atoms with Crippen LogP contribution in [-0.2, 0) is 16.1 Å². The maximum absolute atomic E-state index is 13.0. The highest BCUT2D eigenvalue weighted by atomic mass is 35.5. The fourth-order valence-corrected chi connectivity index (χ4v) is 4.06. The second-order valence-electron chi connectivity index (χ2n) is 6.04. The van der Waals surface area contributed by atoms with Crippen LogP contribution in [0.2, 0.25) is 15.1 Å². The molecule has 4 nitrogen and oxygen atoms in total. The van der Waals surface area contributed by atoms with Gasteiger partial charge in [-0.3, -0.25) is 9.59 Å². The lowest BCUT2D eigenvalue weighted by molar-refractivity contribution is -0.139. The molecule has 2 aromatic rings. The largest absolute Gasteiger partial charge is 0.357 e. The minimum absolute atomic E-state index is 0.151. The Kier molecular flexibility index (Phi) is 8.96. The quantitative estimate of drug-likeness (QED) is 0.545. The molecule has 0 aliphatic heterocycles. The molecule has 0 aromatic heterocycles. The van der Waals surface area contributed by atoms with Crippen molar-refractivity contribution in [2.75, 3.05) is 12.8 Å². The minimum Gasteiger partial charge on any atom is -0.357 e. The molecule has 28 heavy (non-hydrogen) atoms. The predicted octanol–water partition coefficient (Wildman–Crippen LogP) is 5.29. The minimum atomic E-state index is -0.588. The van der Waals surface area contributed by atoms with Crippen LogP contribution < -0.4 is 5.32 Å². The lowest BCUT2D eigenvalue weighted by atomic mass is 10.1. The first-order chi connectivity index (χ1) is 13.3. The zero-order valence-corrected chi connectivity index (χ0v) is 18.6. The van der Waals surface area contributed by atoms with Gasteiger partial charge in [0.2, 0.25) is 11.8 Å². The van der Waals surface area contributed by atoms with Gasteiger partial charge in [-0.1, -0.05) is 47.8 Å². The molecule has 0 spiro atoms. The van der Waals surface area contributed by atoms with Crippen LogP contribution in [0.1, 0.15) is 18.9 Å². The van der Waals surface area contributed by atoms with Crippen molar-refractivity contribution < 1.29 is 9.59 Å². The van der Waals surface area contributed by atoms with Crippen LogP contribution >= 0.6 is 46.6 Å². The average Bonchev–Trinajstić information content (AvgIpc) is 2.68. The van der Waals surface area contributed by atoms with Crippen LogP contribution in [0.25, 0.3) is 0 Å². The summed E-state index contributed by atoms with van der Waals surface area (Å²) in [5.41, 5.74) is 0.735. The number of thioether (sulfide) groups is 1. The third-order valence-electron chi connectivity index (χ3n) is 4.16. The number of carbonyl (C=O) groups excluding carboxylic acids is 2. The molecule has 0 saturated heterocycles. The number of nitrogens with zero attached hydrogens (tertiary/aromatic N) is 1. The fraction of sp³-hybridized carbons (Fsp3) is 0.300. The van der Waals surface area contributed by atoms with Crippen molar-refractivity contribution in [1.82, 2.24) is 10.2 Å². The number of halogens is 3. The number of benzene rings is 2. The molecular weight excluding hydrogens is 439 g/mol. The van der Waals surface area contributed by atoms with E-state index in [1.54, 1.807) is 42.3 Å². The molecule has 1 N–H and O–H groups in total. The normalized spacial score (nSPS) is 11.8. The Hall–Kier alpha value is -1.40. The van der Waals surface area contributed by atoms with Gasteiger partial charge in [0.1, 0.15) is 6.04 Å². The molecule has 1 unspecified atom stereocenters. The van der Waals surface area contributed by atoms with Crippen molar-refractivity contribution in [3.05, 3.63) is 63.1 Å². The summed E-state index contributed by atoms with van der Waals surface area (Å²) >= 11 is 19.5. The Balaban J connectivity index is 2.21. The molecule has 0 heterocycles. The van der Waals surface area contributed by atoms with Crippen molar-refractivity contribution in [2.24, 2.45) is 0 Å². The van der Waals surface area contributed by atoms with Gasteiger partial charge in [-0.15, -0.1) is 11.8 Å². The van der Waals surface area contributed by atoms with Gasteiger partial charge in [-0.05, 0) is 48.4 Å². The molecule has 2 rings (SSSR count). The fourth-order valence-electron chi connectivity index (χ4n) is 2.68. The summed E-state index contributed by atoms with van der Waals surface area (Å²) in [7, 11) is 1.56. The molecule has 0 radical (unpaired) electrons. The maximum atomic E-state index is 13.0. The van der Waals surface area contributed by atoms with Gasteiger partial charge < -0.3 is 10.2 Å². The van der Waals surface area contributed by atoms with Gasteiger partial charge in [0.05, 0.1) is 5.75 Å². The number of nitrogens with one attached hydrogen (secondary N) is 1. The predicted molar refractivity (Wildman–Crippen MR) is 117 cm³/mol. The Morgan fingerprint density at radius 2 is 1.71 bits per heavy atom. The number of amides is 2. The van der Waals surface area contributed by atoms with Crippen molar-refractivity contribution in [3.8, 4) is 0 Å². The van der Waals surface area contributed by atoms with Crippen LogP contribution in [0.15, 0.2) is 47.4 Å². The molecule has 150 valence electrons. The van der Waals surface area contributed by atoms with Crippen LogP contribution in [-0.4, -0.2) is 35.6 Å². The van der Waals surface area contributed by atoms with Crippen molar-refractivity contribution >= 4 is 58.4 Å². The second-order valence-corrected chi connectivity index (χ2v) is 8.37. The summed E-state index contributed by atoms with van der Waals surface area (Å²) < 4.78 is 0. The number of likely N-dealkylation sites (N-methyl/N-ethyl adjacent to an activating group) is 1. The van der Waals surface area contributed by atoms with Crippen molar-refractivity contribution in [3.63, 3.8) is 0 Å². The maximum Gasteiger partial charge on any atom is 0.242 e. The molecule has 0 saturated carbocycles. The molecule has 2 aromatic carbocycles. The van der Waals surface area contributed by atoms with Crippen LogP contribution in [0.3, 0.4) is 0 Å². The molecule has 0 fully saturated rings. The Labute approximate surface area is 184 Å². The molecular formula is C20H21Cl3N2O2S. The summed E-state index contributed by atoms with van der Waals surface area (Å²) in [5.74, 6) is -0.167. The van der Waals surface area contributed by atoms with E-state index in [2.05, 4.69) is 5.32 Å². The van der Waals surface area contributed by atoms with Gasteiger partial charge in [-0.25, -0.2) is 0 Å². The van der Waals surface area contributed by atoms with E-state index in [1.165, 1.54) is 11.8 Å². The number of rotatable bonds is 8. The van der Waals surface area contributed by atoms with E-state index in [9.17, 15) is 9.59 Å². The van der Waals surface area contributed by atoms with E-state index in [0.717, 1.165) is 10.5 Å². The lowest BCUT2D eigenvalue weighted by Crippen LogP contribution is -2.48. The zero-order valence-electron chi connectivity index (χ0n) is 15.5. The van der Waals surface area contributed by atoms with Gasteiger partial charge >= 0.3 is 0 Å². The molecule has 2 amide bonds. The Morgan fingerprint density at radius 3 is 2.29 bits per heavy atom. The average molecular weight is 460 g/mol. The highest BCUT2D eigenvalue weighted by molar-refractivity contribution is 8.00. The van der Waals surface area contributed by atoms with Crippen LogP contribution in [0.5, 0.6) is 0 Å². The monoisotopic (exact) mass is 458 g/mol. The third kappa shape index (κ3) is 6.31. The third-order valence-corrected chi connectivity index (χ3v) is 6.00.